The number of nitrogens with zero attached hydrogens (tertiary/aromatic N) is 1. The lowest BCUT2D eigenvalue weighted by atomic mass is 10.2. The van der Waals surface area contributed by atoms with Gasteiger partial charge in [-0.25, -0.2) is 0 Å². The molecule has 1 aliphatic rings. The first-order valence-corrected chi connectivity index (χ1v) is 7.28. The molecule has 0 saturated carbocycles. The van der Waals surface area contributed by atoms with Crippen molar-refractivity contribution in [3.63, 3.8) is 0 Å². The fraction of sp³-hybridized carbons (Fsp3) is 0.375. The Labute approximate surface area is 122 Å². The summed E-state index contributed by atoms with van der Waals surface area (Å²) in [4.78, 5) is 25.7. The van der Waals surface area contributed by atoms with Gasteiger partial charge in [-0.05, 0) is 25.0 Å². The van der Waals surface area contributed by atoms with Crippen molar-refractivity contribution in [2.75, 3.05) is 19.6 Å². The van der Waals surface area contributed by atoms with Gasteiger partial charge in [-0.2, -0.15) is 0 Å². The highest BCUT2D eigenvalue weighted by Gasteiger charge is 2.18. The SMILES string of the molecule is O=C(NCCC(=O)N1CCCC1)c1cc2ccccc2o1. The largest absolute Gasteiger partial charge is 0.451 e. The predicted molar refractivity (Wildman–Crippen MR) is 79.0 cm³/mol. The van der Waals surface area contributed by atoms with Gasteiger partial charge in [-0.1, -0.05) is 18.2 Å². The molecule has 5 nitrogen and oxygen atoms in total. The van der Waals surface area contributed by atoms with Crippen LogP contribution in [0.2, 0.25) is 0 Å². The Morgan fingerprint density at radius 2 is 1.95 bits per heavy atom. The van der Waals surface area contributed by atoms with Crippen LogP contribution in [0.4, 0.5) is 0 Å². The van der Waals surface area contributed by atoms with Gasteiger partial charge in [0.2, 0.25) is 5.91 Å². The summed E-state index contributed by atoms with van der Waals surface area (Å²) in [5, 5.41) is 3.63. The number of likely N-dealkylation sites (tertiary alicyclic amines) is 1. The number of benzene rings is 1. The number of rotatable bonds is 4. The molecule has 0 atom stereocenters. The third kappa shape index (κ3) is 3.07. The lowest BCUT2D eigenvalue weighted by Gasteiger charge is -2.14. The van der Waals surface area contributed by atoms with E-state index in [-0.39, 0.29) is 17.6 Å². The van der Waals surface area contributed by atoms with Crippen LogP contribution in [0.15, 0.2) is 34.7 Å². The van der Waals surface area contributed by atoms with Crippen LogP contribution in [0.25, 0.3) is 11.0 Å². The summed E-state index contributed by atoms with van der Waals surface area (Å²) in [6, 6.07) is 9.19. The van der Waals surface area contributed by atoms with Crippen molar-refractivity contribution in [3.05, 3.63) is 36.1 Å². The van der Waals surface area contributed by atoms with E-state index in [2.05, 4.69) is 5.32 Å². The molecule has 1 saturated heterocycles. The van der Waals surface area contributed by atoms with Gasteiger partial charge in [-0.15, -0.1) is 0 Å². The molecule has 1 N–H and O–H groups in total. The van der Waals surface area contributed by atoms with Gasteiger partial charge in [-0.3, -0.25) is 9.59 Å². The number of carbonyl (C=O) groups is 2. The summed E-state index contributed by atoms with van der Waals surface area (Å²) in [6.07, 6.45) is 2.50. The van der Waals surface area contributed by atoms with Crippen molar-refractivity contribution in [2.45, 2.75) is 19.3 Å². The molecular formula is C16H18N2O3. The Balaban J connectivity index is 1.53. The zero-order chi connectivity index (χ0) is 14.7. The van der Waals surface area contributed by atoms with Crippen LogP contribution in [-0.2, 0) is 4.79 Å². The Kier molecular flexibility index (Phi) is 3.90. The van der Waals surface area contributed by atoms with E-state index in [0.717, 1.165) is 31.3 Å². The molecule has 1 aromatic heterocycles. The molecule has 0 aliphatic carbocycles. The van der Waals surface area contributed by atoms with E-state index in [1.54, 1.807) is 6.07 Å². The third-order valence-electron chi connectivity index (χ3n) is 3.73. The Hall–Kier alpha value is -2.30. The maximum absolute atomic E-state index is 12.0. The molecule has 110 valence electrons. The second-order valence-corrected chi connectivity index (χ2v) is 5.24. The normalized spacial score (nSPS) is 14.6. The quantitative estimate of drug-likeness (QED) is 0.937. The van der Waals surface area contributed by atoms with Crippen LogP contribution in [0, 0.1) is 0 Å². The first-order chi connectivity index (χ1) is 10.2. The summed E-state index contributed by atoms with van der Waals surface area (Å²) in [6.45, 7) is 2.03. The fourth-order valence-electron chi connectivity index (χ4n) is 2.59. The van der Waals surface area contributed by atoms with Crippen LogP contribution in [0.3, 0.4) is 0 Å². The zero-order valence-corrected chi connectivity index (χ0v) is 11.8. The van der Waals surface area contributed by atoms with Crippen molar-refractivity contribution >= 4 is 22.8 Å². The van der Waals surface area contributed by atoms with E-state index >= 15 is 0 Å². The molecule has 1 aromatic carbocycles. The van der Waals surface area contributed by atoms with Gasteiger partial charge < -0.3 is 14.6 Å². The second kappa shape index (κ2) is 5.99. The minimum atomic E-state index is -0.277. The molecular weight excluding hydrogens is 268 g/mol. The van der Waals surface area contributed by atoms with E-state index in [1.165, 1.54) is 0 Å². The van der Waals surface area contributed by atoms with Crippen molar-refractivity contribution in [1.29, 1.82) is 0 Å². The highest BCUT2D eigenvalue weighted by molar-refractivity contribution is 5.96. The zero-order valence-electron chi connectivity index (χ0n) is 11.8. The molecule has 2 amide bonds. The van der Waals surface area contributed by atoms with Gasteiger partial charge >= 0.3 is 0 Å². The average molecular weight is 286 g/mol. The molecule has 0 unspecified atom stereocenters. The summed E-state index contributed by atoms with van der Waals surface area (Å²) < 4.78 is 5.48. The monoisotopic (exact) mass is 286 g/mol. The fourth-order valence-corrected chi connectivity index (χ4v) is 2.59. The second-order valence-electron chi connectivity index (χ2n) is 5.24. The molecule has 1 aliphatic heterocycles. The van der Waals surface area contributed by atoms with E-state index < -0.39 is 0 Å². The molecule has 0 bridgehead atoms. The summed E-state index contributed by atoms with van der Waals surface area (Å²) in [7, 11) is 0. The third-order valence-corrected chi connectivity index (χ3v) is 3.73. The Morgan fingerprint density at radius 1 is 1.19 bits per heavy atom. The molecule has 3 rings (SSSR count). The van der Waals surface area contributed by atoms with Gasteiger partial charge in [0.05, 0.1) is 0 Å². The molecule has 5 heteroatoms. The lowest BCUT2D eigenvalue weighted by molar-refractivity contribution is -0.129. The molecule has 1 fully saturated rings. The van der Waals surface area contributed by atoms with Crippen LogP contribution < -0.4 is 5.32 Å². The Bertz CT molecular complexity index is 623. The number of carbonyl (C=O) groups excluding carboxylic acids is 2. The first kappa shape index (κ1) is 13.7. The Morgan fingerprint density at radius 3 is 2.71 bits per heavy atom. The predicted octanol–water partition coefficient (Wildman–Crippen LogP) is 2.18. The minimum Gasteiger partial charge on any atom is -0.451 e. The van der Waals surface area contributed by atoms with Crippen LogP contribution in [-0.4, -0.2) is 36.3 Å². The minimum absolute atomic E-state index is 0.109. The highest BCUT2D eigenvalue weighted by atomic mass is 16.3. The topological polar surface area (TPSA) is 62.6 Å². The maximum Gasteiger partial charge on any atom is 0.287 e. The van der Waals surface area contributed by atoms with Crippen LogP contribution in [0.5, 0.6) is 0 Å². The van der Waals surface area contributed by atoms with E-state index in [0.29, 0.717) is 18.5 Å². The van der Waals surface area contributed by atoms with Gasteiger partial charge in [0.1, 0.15) is 5.58 Å². The standard InChI is InChI=1S/C16H18N2O3/c19-15(18-9-3-4-10-18)7-8-17-16(20)14-11-12-5-1-2-6-13(12)21-14/h1-2,5-6,11H,3-4,7-10H2,(H,17,20). The van der Waals surface area contributed by atoms with Gasteiger partial charge in [0, 0.05) is 31.4 Å². The number of fused-ring (bicyclic) bond motifs is 1. The number of furan rings is 1. The van der Waals surface area contributed by atoms with Crippen molar-refractivity contribution in [3.8, 4) is 0 Å². The van der Waals surface area contributed by atoms with E-state index in [9.17, 15) is 9.59 Å². The molecule has 2 aromatic rings. The summed E-state index contributed by atoms with van der Waals surface area (Å²) in [5.41, 5.74) is 0.691. The number of nitrogens with one attached hydrogen (secondary N) is 1. The molecule has 2 heterocycles. The smallest absolute Gasteiger partial charge is 0.287 e. The van der Waals surface area contributed by atoms with E-state index in [1.807, 2.05) is 29.2 Å². The maximum atomic E-state index is 12.0. The summed E-state index contributed by atoms with van der Waals surface area (Å²) >= 11 is 0. The average Bonchev–Trinajstić information content (AvgIpc) is 3.16. The molecule has 0 radical (unpaired) electrons. The highest BCUT2D eigenvalue weighted by Crippen LogP contribution is 2.18. The van der Waals surface area contributed by atoms with E-state index in [4.69, 9.17) is 4.42 Å². The molecule has 21 heavy (non-hydrogen) atoms. The van der Waals surface area contributed by atoms with Crippen molar-refractivity contribution < 1.29 is 14.0 Å². The lowest BCUT2D eigenvalue weighted by Crippen LogP contribution is -2.32. The van der Waals surface area contributed by atoms with Crippen molar-refractivity contribution in [1.82, 2.24) is 10.2 Å². The summed E-state index contributed by atoms with van der Waals surface area (Å²) in [5.74, 6) is 0.114. The van der Waals surface area contributed by atoms with Crippen molar-refractivity contribution in [2.24, 2.45) is 0 Å². The van der Waals surface area contributed by atoms with Gasteiger partial charge in [0.25, 0.3) is 5.91 Å². The van der Waals surface area contributed by atoms with Crippen LogP contribution >= 0.6 is 0 Å². The molecule has 0 spiro atoms. The number of para-hydroxylation sites is 1. The number of amides is 2. The number of hydrogen-bond acceptors (Lipinski definition) is 3. The van der Waals surface area contributed by atoms with Crippen LogP contribution in [0.1, 0.15) is 29.8 Å². The van der Waals surface area contributed by atoms with Gasteiger partial charge in [0.15, 0.2) is 5.76 Å². The number of hydrogen-bond donors (Lipinski definition) is 1. The first-order valence-electron chi connectivity index (χ1n) is 7.28.